The molecule has 0 spiro atoms. The molecular weight excluding hydrogens is 311 g/mol. The third-order valence-electron chi connectivity index (χ3n) is 4.64. The van der Waals surface area contributed by atoms with Crippen molar-refractivity contribution in [2.24, 2.45) is 0 Å². The summed E-state index contributed by atoms with van der Waals surface area (Å²) in [5, 5.41) is 20.7. The van der Waals surface area contributed by atoms with Gasteiger partial charge in [0.25, 0.3) is 5.69 Å². The molecule has 3 rings (SSSR count). The molecule has 0 radical (unpaired) electrons. The Morgan fingerprint density at radius 2 is 2.00 bits per heavy atom. The van der Waals surface area contributed by atoms with Crippen molar-refractivity contribution in [3.8, 4) is 0 Å². The van der Waals surface area contributed by atoms with Gasteiger partial charge in [0.2, 0.25) is 0 Å². The van der Waals surface area contributed by atoms with Crippen molar-refractivity contribution in [1.29, 1.82) is 0 Å². The number of aliphatic hydroxyl groups excluding tert-OH is 1. The molecule has 1 aliphatic heterocycles. The van der Waals surface area contributed by atoms with Crippen LogP contribution in [0.5, 0.6) is 0 Å². The monoisotopic (exact) mass is 330 g/mol. The van der Waals surface area contributed by atoms with Crippen molar-refractivity contribution >= 4 is 11.4 Å². The van der Waals surface area contributed by atoms with Crippen LogP contribution >= 0.6 is 0 Å². The highest BCUT2D eigenvalue weighted by Gasteiger charge is 2.33. The molecule has 2 atom stereocenters. The molecule has 0 aromatic heterocycles. The van der Waals surface area contributed by atoms with Crippen molar-refractivity contribution in [1.82, 2.24) is 0 Å². The van der Waals surface area contributed by atoms with E-state index in [2.05, 4.69) is 0 Å². The van der Waals surface area contributed by atoms with Gasteiger partial charge in [0.15, 0.2) is 0 Å². The van der Waals surface area contributed by atoms with E-state index in [4.69, 9.17) is 0 Å². The molecule has 1 heterocycles. The van der Waals surface area contributed by atoms with E-state index in [1.54, 1.807) is 24.3 Å². The van der Waals surface area contributed by atoms with Crippen LogP contribution in [-0.4, -0.2) is 22.6 Å². The average Bonchev–Trinajstić information content (AvgIpc) is 2.96. The summed E-state index contributed by atoms with van der Waals surface area (Å²) in [5.41, 5.74) is 2.25. The second-order valence-corrected chi connectivity index (χ2v) is 6.22. The fourth-order valence-electron chi connectivity index (χ4n) is 3.39. The summed E-state index contributed by atoms with van der Waals surface area (Å²) in [4.78, 5) is 13.0. The third kappa shape index (κ3) is 3.10. The predicted molar refractivity (Wildman–Crippen MR) is 89.6 cm³/mol. The molecule has 0 bridgehead atoms. The highest BCUT2D eigenvalue weighted by Crippen LogP contribution is 2.39. The van der Waals surface area contributed by atoms with Crippen molar-refractivity contribution in [3.05, 3.63) is 69.5 Å². The molecule has 2 aromatic rings. The molecular formula is C18H19FN2O3. The fraction of sp³-hybridized carbons (Fsp3) is 0.333. The molecule has 126 valence electrons. The number of nitro groups is 1. The predicted octanol–water partition coefficient (Wildman–Crippen LogP) is 3.61. The Morgan fingerprint density at radius 1 is 1.29 bits per heavy atom. The minimum absolute atomic E-state index is 0.0406. The maximum atomic E-state index is 13.1. The van der Waals surface area contributed by atoms with Crippen LogP contribution in [0, 0.1) is 15.9 Å². The highest BCUT2D eigenvalue weighted by atomic mass is 19.1. The van der Waals surface area contributed by atoms with E-state index in [-0.39, 0.29) is 30.1 Å². The van der Waals surface area contributed by atoms with Gasteiger partial charge in [-0.3, -0.25) is 10.1 Å². The van der Waals surface area contributed by atoms with Gasteiger partial charge in [0.1, 0.15) is 11.5 Å². The Balaban J connectivity index is 1.92. The van der Waals surface area contributed by atoms with Crippen LogP contribution in [0.3, 0.4) is 0 Å². The Hall–Kier alpha value is -2.47. The lowest BCUT2D eigenvalue weighted by atomic mass is 9.97. The maximum Gasteiger partial charge on any atom is 0.292 e. The molecule has 5 nitrogen and oxygen atoms in total. The third-order valence-corrected chi connectivity index (χ3v) is 4.64. The second kappa shape index (κ2) is 6.57. The molecule has 0 aliphatic carbocycles. The smallest absolute Gasteiger partial charge is 0.292 e. The first-order valence-electron chi connectivity index (χ1n) is 7.90. The van der Waals surface area contributed by atoms with Crippen molar-refractivity contribution in [3.63, 3.8) is 0 Å². The number of halogens is 1. The second-order valence-electron chi connectivity index (χ2n) is 6.22. The minimum atomic E-state index is -0.394. The number of nitrogens with zero attached hydrogens (tertiary/aromatic N) is 2. The number of aliphatic hydroxyl groups is 1. The summed E-state index contributed by atoms with van der Waals surface area (Å²) in [6, 6.07) is 11.2. The van der Waals surface area contributed by atoms with Crippen LogP contribution in [0.1, 0.15) is 30.4 Å². The van der Waals surface area contributed by atoms with Gasteiger partial charge >= 0.3 is 0 Å². The summed E-state index contributed by atoms with van der Waals surface area (Å²) >= 11 is 0. The highest BCUT2D eigenvalue weighted by molar-refractivity contribution is 5.66. The summed E-state index contributed by atoms with van der Waals surface area (Å²) in [6.45, 7) is 2.50. The van der Waals surface area contributed by atoms with Gasteiger partial charge in [0.05, 0.1) is 11.5 Å². The molecule has 6 heteroatoms. The first-order chi connectivity index (χ1) is 11.5. The van der Waals surface area contributed by atoms with Gasteiger partial charge < -0.3 is 10.0 Å². The Morgan fingerprint density at radius 3 is 2.62 bits per heavy atom. The average molecular weight is 330 g/mol. The number of nitro benzene ring substituents is 1. The normalized spacial score (nSPS) is 20.4. The number of hydrogen-bond donors (Lipinski definition) is 1. The summed E-state index contributed by atoms with van der Waals surface area (Å²) in [5.74, 6) is -0.0778. The van der Waals surface area contributed by atoms with Crippen LogP contribution in [-0.2, 0) is 6.61 Å². The van der Waals surface area contributed by atoms with Crippen LogP contribution in [0.25, 0.3) is 0 Å². The van der Waals surface area contributed by atoms with E-state index in [1.165, 1.54) is 18.2 Å². The van der Waals surface area contributed by atoms with E-state index < -0.39 is 4.92 Å². The van der Waals surface area contributed by atoms with Crippen molar-refractivity contribution < 1.29 is 14.4 Å². The van der Waals surface area contributed by atoms with E-state index >= 15 is 0 Å². The topological polar surface area (TPSA) is 66.6 Å². The summed E-state index contributed by atoms with van der Waals surface area (Å²) < 4.78 is 13.1. The molecule has 1 aliphatic rings. The number of hydrogen-bond acceptors (Lipinski definition) is 4. The van der Waals surface area contributed by atoms with Crippen LogP contribution in [0.4, 0.5) is 15.8 Å². The van der Waals surface area contributed by atoms with Crippen molar-refractivity contribution in [2.45, 2.75) is 31.9 Å². The van der Waals surface area contributed by atoms with Gasteiger partial charge in [-0.25, -0.2) is 4.39 Å². The van der Waals surface area contributed by atoms with Gasteiger partial charge in [-0.2, -0.15) is 0 Å². The Labute approximate surface area is 139 Å². The molecule has 1 saturated heterocycles. The van der Waals surface area contributed by atoms with Gasteiger partial charge in [-0.15, -0.1) is 0 Å². The first kappa shape index (κ1) is 16.4. The van der Waals surface area contributed by atoms with Gasteiger partial charge in [-0.1, -0.05) is 12.1 Å². The number of anilines is 1. The Kier molecular flexibility index (Phi) is 4.49. The molecule has 1 N–H and O–H groups in total. The molecule has 0 amide bonds. The van der Waals surface area contributed by atoms with Crippen LogP contribution in [0.15, 0.2) is 42.5 Å². The quantitative estimate of drug-likeness (QED) is 0.687. The largest absolute Gasteiger partial charge is 0.392 e. The SMILES string of the molecule is CC1CC(c2ccc(F)cc2)CN1c1cc(CO)ccc1[N+](=O)[O-]. The van der Waals surface area contributed by atoms with E-state index in [9.17, 15) is 19.6 Å². The van der Waals surface area contributed by atoms with Gasteiger partial charge in [0, 0.05) is 24.6 Å². The molecule has 2 aromatic carbocycles. The Bertz CT molecular complexity index is 748. The van der Waals surface area contributed by atoms with Crippen LogP contribution in [0.2, 0.25) is 0 Å². The molecule has 24 heavy (non-hydrogen) atoms. The van der Waals surface area contributed by atoms with Crippen molar-refractivity contribution in [2.75, 3.05) is 11.4 Å². The lowest BCUT2D eigenvalue weighted by Crippen LogP contribution is -2.27. The van der Waals surface area contributed by atoms with Gasteiger partial charge in [-0.05, 0) is 48.7 Å². The first-order valence-corrected chi connectivity index (χ1v) is 7.90. The zero-order valence-corrected chi connectivity index (χ0v) is 13.4. The summed E-state index contributed by atoms with van der Waals surface area (Å²) in [6.07, 6.45) is 0.839. The lowest BCUT2D eigenvalue weighted by Gasteiger charge is -2.24. The molecule has 2 unspecified atom stereocenters. The number of rotatable bonds is 4. The van der Waals surface area contributed by atoms with Crippen LogP contribution < -0.4 is 4.90 Å². The molecule has 1 fully saturated rings. The summed E-state index contributed by atoms with van der Waals surface area (Å²) in [7, 11) is 0. The lowest BCUT2D eigenvalue weighted by molar-refractivity contribution is -0.384. The minimum Gasteiger partial charge on any atom is -0.392 e. The zero-order chi connectivity index (χ0) is 17.3. The standard InChI is InChI=1S/C18H19FN2O3/c1-12-8-15(14-3-5-16(19)6-4-14)10-20(12)18-9-13(11-22)2-7-17(18)21(23)24/h2-7,9,12,15,22H,8,10-11H2,1H3. The zero-order valence-electron chi connectivity index (χ0n) is 13.4. The molecule has 0 saturated carbocycles. The van der Waals surface area contributed by atoms with E-state index in [0.717, 1.165) is 12.0 Å². The van der Waals surface area contributed by atoms with E-state index in [1.807, 2.05) is 11.8 Å². The maximum absolute atomic E-state index is 13.1. The van der Waals surface area contributed by atoms with E-state index in [0.29, 0.717) is 17.8 Å². The fourth-order valence-corrected chi connectivity index (χ4v) is 3.39. The number of benzene rings is 2.